The minimum absolute atomic E-state index is 0.0750. The Hall–Kier alpha value is -3.16. The Kier molecular flexibility index (Phi) is 7.11. The predicted molar refractivity (Wildman–Crippen MR) is 127 cm³/mol. The van der Waals surface area contributed by atoms with Crippen molar-refractivity contribution in [3.05, 3.63) is 59.2 Å². The van der Waals surface area contributed by atoms with Crippen molar-refractivity contribution in [1.82, 2.24) is 4.72 Å². The molecular formula is C24H25N3O5S. The lowest BCUT2D eigenvalue weighted by Crippen LogP contribution is -2.36. The zero-order valence-corrected chi connectivity index (χ0v) is 19.1. The maximum atomic E-state index is 12.3. The number of rotatable bonds is 8. The number of sulfonamides is 1. The average molecular weight is 468 g/mol. The van der Waals surface area contributed by atoms with Crippen LogP contribution in [0.15, 0.2) is 57.9 Å². The van der Waals surface area contributed by atoms with E-state index >= 15 is 0 Å². The second-order valence-corrected chi connectivity index (χ2v) is 9.29. The molecule has 33 heavy (non-hydrogen) atoms. The van der Waals surface area contributed by atoms with Gasteiger partial charge in [0.15, 0.2) is 4.91 Å². The number of furan rings is 1. The SMILES string of the molecule is COCCNS(=O)(=O)/C(C#N)=C/c1ccc(-c2ccc3cc(N4CCOCC4)ccc3c2)o1. The topological polar surface area (TPSA) is 105 Å². The molecule has 172 valence electrons. The summed E-state index contributed by atoms with van der Waals surface area (Å²) in [6.07, 6.45) is 1.22. The van der Waals surface area contributed by atoms with E-state index in [1.165, 1.54) is 18.9 Å². The van der Waals surface area contributed by atoms with Crippen molar-refractivity contribution < 1.29 is 22.3 Å². The maximum absolute atomic E-state index is 12.3. The van der Waals surface area contributed by atoms with Gasteiger partial charge in [0.25, 0.3) is 10.0 Å². The van der Waals surface area contributed by atoms with Crippen LogP contribution in [0, 0.1) is 11.3 Å². The van der Waals surface area contributed by atoms with Crippen molar-refractivity contribution in [3.8, 4) is 17.4 Å². The van der Waals surface area contributed by atoms with Crippen molar-refractivity contribution in [2.75, 3.05) is 51.5 Å². The molecule has 1 aromatic heterocycles. The maximum Gasteiger partial charge on any atom is 0.250 e. The van der Waals surface area contributed by atoms with Gasteiger partial charge in [0.05, 0.1) is 19.8 Å². The molecule has 0 saturated carbocycles. The first-order valence-corrected chi connectivity index (χ1v) is 12.1. The molecule has 4 rings (SSSR count). The molecule has 3 aromatic rings. The molecule has 0 spiro atoms. The summed E-state index contributed by atoms with van der Waals surface area (Å²) in [5.74, 6) is 0.865. The smallest absolute Gasteiger partial charge is 0.250 e. The molecule has 9 heteroatoms. The number of anilines is 1. The summed E-state index contributed by atoms with van der Waals surface area (Å²) in [6, 6.07) is 17.5. The molecule has 1 aliphatic heterocycles. The van der Waals surface area contributed by atoms with Crippen molar-refractivity contribution in [2.24, 2.45) is 0 Å². The Balaban J connectivity index is 1.55. The van der Waals surface area contributed by atoms with E-state index in [1.807, 2.05) is 18.2 Å². The Morgan fingerprint density at radius 3 is 2.67 bits per heavy atom. The first kappa shape index (κ1) is 23.0. The standard InChI is InChI=1S/C24H25N3O5S/c1-30-11-8-26-33(28,29)23(17-25)16-22-6-7-24(32-22)20-3-2-19-15-21(5-4-18(19)14-20)27-9-12-31-13-10-27/h2-7,14-16,26H,8-13H2,1H3/b23-16+. The van der Waals surface area contributed by atoms with E-state index in [-0.39, 0.29) is 18.9 Å². The van der Waals surface area contributed by atoms with E-state index < -0.39 is 14.9 Å². The van der Waals surface area contributed by atoms with E-state index in [4.69, 9.17) is 13.9 Å². The number of nitriles is 1. The van der Waals surface area contributed by atoms with E-state index in [9.17, 15) is 13.7 Å². The Labute approximate surface area is 193 Å². The lowest BCUT2D eigenvalue weighted by atomic mass is 10.0. The van der Waals surface area contributed by atoms with Crippen LogP contribution in [-0.4, -0.2) is 55.0 Å². The molecule has 0 atom stereocenters. The zero-order valence-electron chi connectivity index (χ0n) is 18.3. The van der Waals surface area contributed by atoms with Crippen LogP contribution in [0.1, 0.15) is 5.76 Å². The van der Waals surface area contributed by atoms with Crippen molar-refractivity contribution in [1.29, 1.82) is 5.26 Å². The largest absolute Gasteiger partial charge is 0.457 e. The second-order valence-electron chi connectivity index (χ2n) is 7.56. The summed E-state index contributed by atoms with van der Waals surface area (Å²) < 4.78 is 43.0. The molecule has 1 fully saturated rings. The molecule has 1 saturated heterocycles. The van der Waals surface area contributed by atoms with Gasteiger partial charge in [-0.05, 0) is 41.1 Å². The van der Waals surface area contributed by atoms with Gasteiger partial charge in [-0.1, -0.05) is 18.2 Å². The minimum atomic E-state index is -3.94. The molecule has 0 unspecified atom stereocenters. The van der Waals surface area contributed by atoms with Crippen LogP contribution in [0.5, 0.6) is 0 Å². The summed E-state index contributed by atoms with van der Waals surface area (Å²) >= 11 is 0. The van der Waals surface area contributed by atoms with E-state index in [1.54, 1.807) is 18.2 Å². The van der Waals surface area contributed by atoms with Crippen LogP contribution in [0.4, 0.5) is 5.69 Å². The highest BCUT2D eigenvalue weighted by atomic mass is 32.2. The van der Waals surface area contributed by atoms with Gasteiger partial charge in [0.2, 0.25) is 0 Å². The van der Waals surface area contributed by atoms with Gasteiger partial charge in [-0.3, -0.25) is 0 Å². The number of morpholine rings is 1. The molecule has 0 amide bonds. The summed E-state index contributed by atoms with van der Waals surface area (Å²) in [4.78, 5) is 1.89. The van der Waals surface area contributed by atoms with Crippen LogP contribution in [-0.2, 0) is 19.5 Å². The number of methoxy groups -OCH3 is 1. The Morgan fingerprint density at radius 2 is 1.91 bits per heavy atom. The van der Waals surface area contributed by atoms with Crippen LogP contribution in [0.3, 0.4) is 0 Å². The normalized spacial score (nSPS) is 15.0. The third-order valence-corrected chi connectivity index (χ3v) is 6.76. The lowest BCUT2D eigenvalue weighted by Gasteiger charge is -2.29. The lowest BCUT2D eigenvalue weighted by molar-refractivity contribution is 0.122. The number of fused-ring (bicyclic) bond motifs is 1. The van der Waals surface area contributed by atoms with Crippen LogP contribution in [0.2, 0.25) is 0 Å². The minimum Gasteiger partial charge on any atom is -0.457 e. The number of hydrogen-bond donors (Lipinski definition) is 1. The summed E-state index contributed by atoms with van der Waals surface area (Å²) in [5.41, 5.74) is 2.04. The first-order chi connectivity index (χ1) is 16.0. The van der Waals surface area contributed by atoms with Gasteiger partial charge >= 0.3 is 0 Å². The Morgan fingerprint density at radius 1 is 1.15 bits per heavy atom. The fourth-order valence-corrected chi connectivity index (χ4v) is 4.54. The third kappa shape index (κ3) is 5.43. The van der Waals surface area contributed by atoms with Crippen molar-refractivity contribution in [3.63, 3.8) is 0 Å². The summed E-state index contributed by atoms with van der Waals surface area (Å²) in [7, 11) is -2.47. The number of hydrogen-bond acceptors (Lipinski definition) is 7. The Bertz CT molecular complexity index is 1300. The number of allylic oxidation sites excluding steroid dienone is 1. The van der Waals surface area contributed by atoms with Gasteiger partial charge in [0, 0.05) is 44.1 Å². The second kappa shape index (κ2) is 10.2. The molecule has 0 aliphatic carbocycles. The van der Waals surface area contributed by atoms with Gasteiger partial charge < -0.3 is 18.8 Å². The quantitative estimate of drug-likeness (QED) is 0.400. The van der Waals surface area contributed by atoms with E-state index in [0.717, 1.165) is 42.6 Å². The molecule has 1 N–H and O–H groups in total. The number of ether oxygens (including phenoxy) is 2. The fraction of sp³-hybridized carbons (Fsp3) is 0.292. The van der Waals surface area contributed by atoms with Crippen molar-refractivity contribution in [2.45, 2.75) is 0 Å². The highest BCUT2D eigenvalue weighted by molar-refractivity contribution is 7.93. The molecule has 2 heterocycles. The predicted octanol–water partition coefficient (Wildman–Crippen LogP) is 3.37. The molecule has 0 bridgehead atoms. The van der Waals surface area contributed by atoms with E-state index in [2.05, 4.69) is 27.8 Å². The highest BCUT2D eigenvalue weighted by Crippen LogP contribution is 2.29. The fourth-order valence-electron chi connectivity index (χ4n) is 3.65. The molecule has 8 nitrogen and oxygen atoms in total. The van der Waals surface area contributed by atoms with Crippen LogP contribution in [0.25, 0.3) is 28.2 Å². The molecular weight excluding hydrogens is 442 g/mol. The third-order valence-electron chi connectivity index (χ3n) is 5.38. The number of nitrogens with zero attached hydrogens (tertiary/aromatic N) is 2. The van der Waals surface area contributed by atoms with Crippen LogP contribution < -0.4 is 9.62 Å². The van der Waals surface area contributed by atoms with Crippen LogP contribution >= 0.6 is 0 Å². The average Bonchev–Trinajstić information content (AvgIpc) is 3.31. The molecule has 0 radical (unpaired) electrons. The van der Waals surface area contributed by atoms with Gasteiger partial charge in [0.1, 0.15) is 17.6 Å². The van der Waals surface area contributed by atoms with E-state index in [0.29, 0.717) is 5.76 Å². The summed E-state index contributed by atoms with van der Waals surface area (Å²) in [6.45, 7) is 3.53. The van der Waals surface area contributed by atoms with Gasteiger partial charge in [-0.15, -0.1) is 0 Å². The summed E-state index contributed by atoms with van der Waals surface area (Å²) in [5, 5.41) is 11.5. The van der Waals surface area contributed by atoms with Crippen molar-refractivity contribution >= 4 is 32.6 Å². The molecule has 1 aliphatic rings. The first-order valence-electron chi connectivity index (χ1n) is 10.6. The monoisotopic (exact) mass is 467 g/mol. The molecule has 2 aromatic carbocycles. The van der Waals surface area contributed by atoms with Gasteiger partial charge in [-0.25, -0.2) is 13.1 Å². The highest BCUT2D eigenvalue weighted by Gasteiger charge is 2.18. The number of nitrogens with one attached hydrogen (secondary N) is 1. The van der Waals surface area contributed by atoms with Gasteiger partial charge in [-0.2, -0.15) is 5.26 Å². The zero-order chi connectivity index (χ0) is 23.3. The number of benzene rings is 2.